The molecule has 0 radical (unpaired) electrons. The minimum Gasteiger partial charge on any atom is -0.494 e. The molecule has 0 bridgehead atoms. The van der Waals surface area contributed by atoms with Gasteiger partial charge in [-0.15, -0.1) is 0 Å². The van der Waals surface area contributed by atoms with Crippen LogP contribution in [-0.2, 0) is 0 Å². The van der Waals surface area contributed by atoms with Gasteiger partial charge in [0.1, 0.15) is 11.3 Å². The second-order valence-corrected chi connectivity index (χ2v) is 5.02. The molecule has 23 heavy (non-hydrogen) atoms. The lowest BCUT2D eigenvalue weighted by Crippen LogP contribution is -2.01. The van der Waals surface area contributed by atoms with Crippen molar-refractivity contribution < 1.29 is 17.9 Å². The van der Waals surface area contributed by atoms with Crippen molar-refractivity contribution >= 4 is 22.3 Å². The van der Waals surface area contributed by atoms with E-state index in [1.807, 2.05) is 0 Å². The van der Waals surface area contributed by atoms with Crippen molar-refractivity contribution in [3.8, 4) is 5.75 Å². The number of methoxy groups -OCH3 is 1. The Hall–Kier alpha value is -2.76. The number of hydrogen-bond acceptors (Lipinski definition) is 3. The molecule has 2 aromatic carbocycles. The first-order valence-electron chi connectivity index (χ1n) is 6.86. The molecule has 1 N–H and O–H groups in total. The Labute approximate surface area is 130 Å². The van der Waals surface area contributed by atoms with E-state index < -0.39 is 17.5 Å². The van der Waals surface area contributed by atoms with Gasteiger partial charge in [-0.25, -0.2) is 18.2 Å². The van der Waals surface area contributed by atoms with E-state index >= 15 is 0 Å². The highest BCUT2D eigenvalue weighted by Gasteiger charge is 2.15. The molecular weight excluding hydrogens is 305 g/mol. The van der Waals surface area contributed by atoms with Crippen LogP contribution in [0.1, 0.15) is 5.69 Å². The van der Waals surface area contributed by atoms with Gasteiger partial charge in [0.2, 0.25) is 0 Å². The summed E-state index contributed by atoms with van der Waals surface area (Å²) < 4.78 is 45.6. The lowest BCUT2D eigenvalue weighted by atomic mass is 10.1. The Morgan fingerprint density at radius 3 is 2.52 bits per heavy atom. The number of nitrogens with one attached hydrogen (secondary N) is 1. The molecule has 3 rings (SSSR count). The molecule has 0 saturated carbocycles. The zero-order valence-electron chi connectivity index (χ0n) is 12.5. The second kappa shape index (κ2) is 5.79. The third kappa shape index (κ3) is 2.67. The Bertz CT molecular complexity index is 897. The van der Waals surface area contributed by atoms with Crippen molar-refractivity contribution in [1.29, 1.82) is 0 Å². The molecule has 0 spiro atoms. The summed E-state index contributed by atoms with van der Waals surface area (Å²) in [6, 6.07) is 9.03. The smallest absolute Gasteiger partial charge is 0.196 e. The first kappa shape index (κ1) is 15.1. The fraction of sp³-hybridized carbons (Fsp3) is 0.118. The highest BCUT2D eigenvalue weighted by molar-refractivity contribution is 5.96. The number of anilines is 2. The van der Waals surface area contributed by atoms with E-state index in [-0.39, 0.29) is 5.69 Å². The monoisotopic (exact) mass is 318 g/mol. The quantitative estimate of drug-likeness (QED) is 0.710. The van der Waals surface area contributed by atoms with Crippen molar-refractivity contribution in [1.82, 2.24) is 4.98 Å². The molecule has 1 aromatic heterocycles. The lowest BCUT2D eigenvalue weighted by molar-refractivity contribution is 0.419. The molecule has 3 aromatic rings. The average molecular weight is 318 g/mol. The molecule has 0 amide bonds. The Morgan fingerprint density at radius 1 is 1.00 bits per heavy atom. The summed E-state index contributed by atoms with van der Waals surface area (Å²) in [7, 11) is 1.53. The topological polar surface area (TPSA) is 34.1 Å². The fourth-order valence-corrected chi connectivity index (χ4v) is 2.39. The minimum absolute atomic E-state index is 0.154. The first-order valence-corrected chi connectivity index (χ1v) is 6.86. The van der Waals surface area contributed by atoms with Crippen molar-refractivity contribution in [3.05, 3.63) is 59.5 Å². The highest BCUT2D eigenvalue weighted by atomic mass is 19.2. The number of nitrogens with zero attached hydrogens (tertiary/aromatic N) is 1. The van der Waals surface area contributed by atoms with Crippen LogP contribution >= 0.6 is 0 Å². The van der Waals surface area contributed by atoms with Crippen LogP contribution in [0, 0.1) is 24.4 Å². The standard InChI is InChI=1S/C17H13F3N2O/c1-9-8-13(10-4-3-5-14(23-2)17(10)21-9)22-12-7-6-11(18)15(19)16(12)20/h3-8H,1-2H3,(H,21,22). The molecule has 0 aliphatic rings. The van der Waals surface area contributed by atoms with Gasteiger partial charge in [-0.1, -0.05) is 12.1 Å². The van der Waals surface area contributed by atoms with Crippen molar-refractivity contribution in [2.45, 2.75) is 6.92 Å². The minimum atomic E-state index is -1.51. The summed E-state index contributed by atoms with van der Waals surface area (Å²) in [5, 5.41) is 3.48. The highest BCUT2D eigenvalue weighted by Crippen LogP contribution is 2.32. The van der Waals surface area contributed by atoms with E-state index in [2.05, 4.69) is 10.3 Å². The number of pyridine rings is 1. The number of benzene rings is 2. The summed E-state index contributed by atoms with van der Waals surface area (Å²) in [4.78, 5) is 4.41. The third-order valence-corrected chi connectivity index (χ3v) is 3.45. The van der Waals surface area contributed by atoms with Gasteiger partial charge in [0.15, 0.2) is 17.5 Å². The van der Waals surface area contributed by atoms with Crippen LogP contribution in [0.5, 0.6) is 5.75 Å². The third-order valence-electron chi connectivity index (χ3n) is 3.45. The van der Waals surface area contributed by atoms with Crippen LogP contribution in [0.15, 0.2) is 36.4 Å². The molecule has 3 nitrogen and oxygen atoms in total. The van der Waals surface area contributed by atoms with Crippen LogP contribution < -0.4 is 10.1 Å². The van der Waals surface area contributed by atoms with Gasteiger partial charge in [-0.05, 0) is 31.2 Å². The molecule has 0 aliphatic heterocycles. The van der Waals surface area contributed by atoms with Gasteiger partial charge in [0.05, 0.1) is 12.8 Å². The predicted molar refractivity (Wildman–Crippen MR) is 82.6 cm³/mol. The second-order valence-electron chi connectivity index (χ2n) is 5.02. The van der Waals surface area contributed by atoms with E-state index in [1.165, 1.54) is 7.11 Å². The van der Waals surface area contributed by atoms with Gasteiger partial charge in [-0.2, -0.15) is 0 Å². The Morgan fingerprint density at radius 2 is 1.78 bits per heavy atom. The molecule has 0 aliphatic carbocycles. The number of aromatic nitrogens is 1. The molecule has 0 atom stereocenters. The van der Waals surface area contributed by atoms with E-state index in [1.54, 1.807) is 31.2 Å². The fourth-order valence-electron chi connectivity index (χ4n) is 2.39. The molecular formula is C17H13F3N2O. The summed E-state index contributed by atoms with van der Waals surface area (Å²) in [5.41, 5.74) is 1.64. The number of rotatable bonds is 3. The number of para-hydroxylation sites is 1. The average Bonchev–Trinajstić information content (AvgIpc) is 2.54. The number of fused-ring (bicyclic) bond motifs is 1. The Kier molecular flexibility index (Phi) is 3.82. The lowest BCUT2D eigenvalue weighted by Gasteiger charge is -2.13. The van der Waals surface area contributed by atoms with Crippen LogP contribution in [0.25, 0.3) is 10.9 Å². The Balaban J connectivity index is 2.16. The van der Waals surface area contributed by atoms with Crippen LogP contribution in [0.2, 0.25) is 0 Å². The van der Waals surface area contributed by atoms with Crippen molar-refractivity contribution in [2.24, 2.45) is 0 Å². The maximum Gasteiger partial charge on any atom is 0.196 e. The zero-order valence-corrected chi connectivity index (χ0v) is 12.5. The van der Waals surface area contributed by atoms with Crippen LogP contribution in [0.3, 0.4) is 0 Å². The van der Waals surface area contributed by atoms with Gasteiger partial charge < -0.3 is 10.1 Å². The first-order chi connectivity index (χ1) is 11.0. The molecule has 6 heteroatoms. The molecule has 0 saturated heterocycles. The molecule has 1 heterocycles. The predicted octanol–water partition coefficient (Wildman–Crippen LogP) is 4.71. The van der Waals surface area contributed by atoms with Gasteiger partial charge >= 0.3 is 0 Å². The van der Waals surface area contributed by atoms with E-state index in [4.69, 9.17) is 4.74 Å². The summed E-state index contributed by atoms with van der Waals surface area (Å²) in [6.07, 6.45) is 0. The summed E-state index contributed by atoms with van der Waals surface area (Å²) in [5.74, 6) is -3.44. The largest absolute Gasteiger partial charge is 0.494 e. The van der Waals surface area contributed by atoms with Crippen LogP contribution in [0.4, 0.5) is 24.5 Å². The van der Waals surface area contributed by atoms with Gasteiger partial charge in [0, 0.05) is 16.8 Å². The maximum atomic E-state index is 13.9. The van der Waals surface area contributed by atoms with Gasteiger partial charge in [0.25, 0.3) is 0 Å². The van der Waals surface area contributed by atoms with Gasteiger partial charge in [-0.3, -0.25) is 0 Å². The molecule has 118 valence electrons. The number of ether oxygens (including phenoxy) is 1. The molecule has 0 fully saturated rings. The maximum absolute atomic E-state index is 13.9. The molecule has 0 unspecified atom stereocenters. The summed E-state index contributed by atoms with van der Waals surface area (Å²) >= 11 is 0. The van der Waals surface area contributed by atoms with E-state index in [0.717, 1.165) is 12.1 Å². The number of aryl methyl sites for hydroxylation is 1. The number of hydrogen-bond donors (Lipinski definition) is 1. The van der Waals surface area contributed by atoms with Crippen molar-refractivity contribution in [3.63, 3.8) is 0 Å². The SMILES string of the molecule is COc1cccc2c(Nc3ccc(F)c(F)c3F)cc(C)nc12. The normalized spacial score (nSPS) is 10.8. The zero-order chi connectivity index (χ0) is 16.6. The van der Waals surface area contributed by atoms with E-state index in [9.17, 15) is 13.2 Å². The summed E-state index contributed by atoms with van der Waals surface area (Å²) in [6.45, 7) is 1.78. The van der Waals surface area contributed by atoms with Crippen molar-refractivity contribution in [2.75, 3.05) is 12.4 Å². The number of halogens is 3. The van der Waals surface area contributed by atoms with Crippen LogP contribution in [-0.4, -0.2) is 12.1 Å². The van der Waals surface area contributed by atoms with E-state index in [0.29, 0.717) is 28.0 Å².